The van der Waals surface area contributed by atoms with E-state index >= 15 is 0 Å². The van der Waals surface area contributed by atoms with Crippen molar-refractivity contribution in [2.75, 3.05) is 5.73 Å². The van der Waals surface area contributed by atoms with E-state index in [0.29, 0.717) is 0 Å². The second kappa shape index (κ2) is 4.76. The molecule has 0 saturated heterocycles. The molecular formula is C16H17N3. The van der Waals surface area contributed by atoms with Gasteiger partial charge in [-0.05, 0) is 29.7 Å². The fraction of sp³-hybridized carbons (Fsp3) is 0.188. The maximum atomic E-state index is 5.77. The number of nitrogens with zero attached hydrogens (tertiary/aromatic N) is 2. The Labute approximate surface area is 112 Å². The van der Waals surface area contributed by atoms with Crippen LogP contribution in [0.4, 0.5) is 5.69 Å². The van der Waals surface area contributed by atoms with E-state index in [0.717, 1.165) is 29.9 Å². The molecule has 1 aromatic carbocycles. The van der Waals surface area contributed by atoms with Gasteiger partial charge in [-0.15, -0.1) is 0 Å². The molecule has 0 unspecified atom stereocenters. The average Bonchev–Trinajstić information content (AvgIpc) is 2.81. The van der Waals surface area contributed by atoms with Crippen LogP contribution in [0.25, 0.3) is 5.65 Å². The molecule has 0 spiro atoms. The third-order valence-electron chi connectivity index (χ3n) is 3.34. The monoisotopic (exact) mass is 251 g/mol. The number of fused-ring (bicyclic) bond motifs is 1. The van der Waals surface area contributed by atoms with Gasteiger partial charge in [0.2, 0.25) is 0 Å². The number of nitrogen functional groups attached to an aromatic ring is 1. The molecule has 96 valence electrons. The lowest BCUT2D eigenvalue weighted by Gasteiger charge is -2.00. The smallest absolute Gasteiger partial charge is 0.137 e. The van der Waals surface area contributed by atoms with Gasteiger partial charge in [-0.1, -0.05) is 31.2 Å². The first kappa shape index (κ1) is 11.8. The third kappa shape index (κ3) is 2.45. The number of anilines is 1. The summed E-state index contributed by atoms with van der Waals surface area (Å²) in [5, 5.41) is 0. The van der Waals surface area contributed by atoms with Crippen LogP contribution in [0.1, 0.15) is 23.7 Å². The van der Waals surface area contributed by atoms with E-state index in [4.69, 9.17) is 5.73 Å². The van der Waals surface area contributed by atoms with Crippen molar-refractivity contribution in [2.45, 2.75) is 19.8 Å². The largest absolute Gasteiger partial charge is 0.398 e. The van der Waals surface area contributed by atoms with Gasteiger partial charge in [0, 0.05) is 24.5 Å². The van der Waals surface area contributed by atoms with Crippen molar-refractivity contribution in [3.05, 3.63) is 65.6 Å². The van der Waals surface area contributed by atoms with Crippen LogP contribution in [0.15, 0.2) is 48.8 Å². The Bertz CT molecular complexity index is 696. The molecule has 0 aliphatic rings. The fourth-order valence-corrected chi connectivity index (χ4v) is 2.25. The molecule has 0 atom stereocenters. The Hall–Kier alpha value is -2.29. The van der Waals surface area contributed by atoms with Crippen LogP contribution < -0.4 is 5.73 Å². The predicted octanol–water partition coefficient (Wildman–Crippen LogP) is 3.07. The lowest BCUT2D eigenvalue weighted by atomic mass is 10.1. The van der Waals surface area contributed by atoms with Crippen LogP contribution in [0.5, 0.6) is 0 Å². The van der Waals surface area contributed by atoms with Crippen LogP contribution in [-0.4, -0.2) is 9.38 Å². The van der Waals surface area contributed by atoms with Gasteiger partial charge in [-0.25, -0.2) is 4.98 Å². The molecule has 0 bridgehead atoms. The predicted molar refractivity (Wildman–Crippen MR) is 78.2 cm³/mol. The first-order valence-corrected chi connectivity index (χ1v) is 6.55. The highest BCUT2D eigenvalue weighted by Crippen LogP contribution is 2.13. The van der Waals surface area contributed by atoms with Crippen LogP contribution in [0, 0.1) is 0 Å². The molecule has 0 aliphatic carbocycles. The van der Waals surface area contributed by atoms with Gasteiger partial charge >= 0.3 is 0 Å². The molecule has 2 N–H and O–H groups in total. The second-order valence-electron chi connectivity index (χ2n) is 4.81. The zero-order chi connectivity index (χ0) is 13.2. The van der Waals surface area contributed by atoms with Crippen molar-refractivity contribution in [3.8, 4) is 0 Å². The van der Waals surface area contributed by atoms with Gasteiger partial charge in [0.1, 0.15) is 5.65 Å². The van der Waals surface area contributed by atoms with Crippen LogP contribution >= 0.6 is 0 Å². The maximum Gasteiger partial charge on any atom is 0.137 e. The normalized spacial score (nSPS) is 11.0. The minimum Gasteiger partial charge on any atom is -0.398 e. The van der Waals surface area contributed by atoms with Gasteiger partial charge in [0.25, 0.3) is 0 Å². The summed E-state index contributed by atoms with van der Waals surface area (Å²) in [6.45, 7) is 2.17. The molecule has 0 radical (unpaired) electrons. The molecule has 3 nitrogen and oxygen atoms in total. The van der Waals surface area contributed by atoms with Gasteiger partial charge in [-0.2, -0.15) is 0 Å². The van der Waals surface area contributed by atoms with E-state index in [2.05, 4.69) is 36.2 Å². The lowest BCUT2D eigenvalue weighted by molar-refractivity contribution is 1.09. The van der Waals surface area contributed by atoms with E-state index < -0.39 is 0 Å². The van der Waals surface area contributed by atoms with Gasteiger partial charge < -0.3 is 10.1 Å². The Morgan fingerprint density at radius 1 is 1.00 bits per heavy atom. The summed E-state index contributed by atoms with van der Waals surface area (Å²) >= 11 is 0. The molecule has 3 aromatic rings. The zero-order valence-corrected chi connectivity index (χ0v) is 11.0. The molecule has 2 aromatic heterocycles. The highest BCUT2D eigenvalue weighted by molar-refractivity contribution is 5.48. The fourth-order valence-electron chi connectivity index (χ4n) is 2.25. The Morgan fingerprint density at radius 2 is 1.74 bits per heavy atom. The minimum atomic E-state index is 0.753. The third-order valence-corrected chi connectivity index (χ3v) is 3.34. The van der Waals surface area contributed by atoms with Crippen molar-refractivity contribution in [3.63, 3.8) is 0 Å². The molecule has 0 saturated carbocycles. The molecule has 0 amide bonds. The number of nitrogens with two attached hydrogens (primary N) is 1. The quantitative estimate of drug-likeness (QED) is 0.777. The van der Waals surface area contributed by atoms with Gasteiger partial charge in [0.15, 0.2) is 0 Å². The summed E-state index contributed by atoms with van der Waals surface area (Å²) < 4.78 is 1.98. The summed E-state index contributed by atoms with van der Waals surface area (Å²) in [6.07, 6.45) is 5.87. The Kier molecular flexibility index (Phi) is 2.95. The number of imidazole rings is 1. The standard InChI is InChI=1S/C16H17N3/c1-2-12-3-5-13(6-4-12)9-15-11-19-10-14(17)7-8-16(19)18-15/h3-8,10-11H,2,9,17H2,1H3. The van der Waals surface area contributed by atoms with E-state index in [1.165, 1.54) is 11.1 Å². The summed E-state index contributed by atoms with van der Waals surface area (Å²) in [5.41, 5.74) is 11.2. The summed E-state index contributed by atoms with van der Waals surface area (Å²) in [6, 6.07) is 12.5. The van der Waals surface area contributed by atoms with Crippen molar-refractivity contribution >= 4 is 11.3 Å². The molecule has 0 fully saturated rings. The Morgan fingerprint density at radius 3 is 2.47 bits per heavy atom. The molecule has 3 rings (SSSR count). The number of rotatable bonds is 3. The van der Waals surface area contributed by atoms with Crippen molar-refractivity contribution in [1.82, 2.24) is 9.38 Å². The highest BCUT2D eigenvalue weighted by Gasteiger charge is 2.03. The zero-order valence-electron chi connectivity index (χ0n) is 11.0. The second-order valence-corrected chi connectivity index (χ2v) is 4.81. The van der Waals surface area contributed by atoms with Crippen LogP contribution in [-0.2, 0) is 12.8 Å². The molecule has 19 heavy (non-hydrogen) atoms. The van der Waals surface area contributed by atoms with E-state index in [9.17, 15) is 0 Å². The molecule has 0 aliphatic heterocycles. The van der Waals surface area contributed by atoms with Crippen molar-refractivity contribution in [1.29, 1.82) is 0 Å². The van der Waals surface area contributed by atoms with Crippen molar-refractivity contribution < 1.29 is 0 Å². The lowest BCUT2D eigenvalue weighted by Crippen LogP contribution is -1.89. The first-order valence-electron chi connectivity index (χ1n) is 6.55. The Balaban J connectivity index is 1.87. The molecule has 2 heterocycles. The van der Waals surface area contributed by atoms with Gasteiger partial charge in [0.05, 0.1) is 5.69 Å². The minimum absolute atomic E-state index is 0.753. The average molecular weight is 251 g/mol. The highest BCUT2D eigenvalue weighted by atomic mass is 15.0. The first-order chi connectivity index (χ1) is 9.24. The van der Waals surface area contributed by atoms with Crippen molar-refractivity contribution in [2.24, 2.45) is 0 Å². The van der Waals surface area contributed by atoms with E-state index in [1.54, 1.807) is 0 Å². The summed E-state index contributed by atoms with van der Waals surface area (Å²) in [5.74, 6) is 0. The van der Waals surface area contributed by atoms with E-state index in [-0.39, 0.29) is 0 Å². The van der Waals surface area contributed by atoms with E-state index in [1.807, 2.05) is 28.9 Å². The maximum absolute atomic E-state index is 5.77. The number of hydrogen-bond donors (Lipinski definition) is 1. The number of aromatic nitrogens is 2. The molecule has 3 heteroatoms. The number of hydrogen-bond acceptors (Lipinski definition) is 2. The summed E-state index contributed by atoms with van der Waals surface area (Å²) in [4.78, 5) is 4.60. The topological polar surface area (TPSA) is 43.3 Å². The number of aryl methyl sites for hydroxylation is 1. The SMILES string of the molecule is CCc1ccc(Cc2cn3cc(N)ccc3n2)cc1. The van der Waals surface area contributed by atoms with Crippen LogP contribution in [0.3, 0.4) is 0 Å². The summed E-state index contributed by atoms with van der Waals surface area (Å²) in [7, 11) is 0. The molecular weight excluding hydrogens is 234 g/mol. The number of pyridine rings is 1. The van der Waals surface area contributed by atoms with Gasteiger partial charge in [-0.3, -0.25) is 0 Å². The van der Waals surface area contributed by atoms with Crippen LogP contribution in [0.2, 0.25) is 0 Å². The number of benzene rings is 1.